The topological polar surface area (TPSA) is 94.6 Å². The molecule has 1 aromatic heterocycles. The molecule has 0 radical (unpaired) electrons. The van der Waals surface area contributed by atoms with Crippen molar-refractivity contribution in [2.75, 3.05) is 6.61 Å². The highest BCUT2D eigenvalue weighted by molar-refractivity contribution is 5.97. The average molecular weight is 406 g/mol. The number of primary amides is 1. The lowest BCUT2D eigenvalue weighted by molar-refractivity contribution is -0.139. The van der Waals surface area contributed by atoms with Gasteiger partial charge in [0.05, 0.1) is 11.4 Å². The van der Waals surface area contributed by atoms with E-state index in [2.05, 4.69) is 16.7 Å². The Morgan fingerprint density at radius 2 is 1.90 bits per heavy atom. The van der Waals surface area contributed by atoms with Crippen LogP contribution in [0.1, 0.15) is 42.0 Å². The van der Waals surface area contributed by atoms with Crippen molar-refractivity contribution in [3.05, 3.63) is 65.4 Å². The number of hydrogen-bond donors (Lipinski definition) is 2. The molecule has 0 saturated carbocycles. The van der Waals surface area contributed by atoms with Crippen LogP contribution in [0.4, 0.5) is 0 Å². The zero-order chi connectivity index (χ0) is 21.1. The SMILES string of the molecule is NC(=O)C1CCCCc2c1c1c(OCC(=O)O)cccc1n2CCc1ccccc1. The highest BCUT2D eigenvalue weighted by Gasteiger charge is 2.31. The van der Waals surface area contributed by atoms with E-state index in [-0.39, 0.29) is 5.91 Å². The van der Waals surface area contributed by atoms with Gasteiger partial charge in [0.15, 0.2) is 6.61 Å². The number of hydrogen-bond acceptors (Lipinski definition) is 3. The Bertz CT molecular complexity index is 1070. The minimum absolute atomic E-state index is 0.340. The first-order valence-electron chi connectivity index (χ1n) is 10.4. The third-order valence-corrected chi connectivity index (χ3v) is 5.87. The van der Waals surface area contributed by atoms with Crippen molar-refractivity contribution in [1.82, 2.24) is 4.57 Å². The summed E-state index contributed by atoms with van der Waals surface area (Å²) in [6.07, 6.45) is 4.34. The standard InChI is InChI=1S/C24H26N2O4/c25-24(29)17-9-4-5-10-18-22(17)23-19(11-6-12-20(23)30-15-21(27)28)26(18)14-13-16-7-2-1-3-8-16/h1-3,6-8,11-12,17H,4-5,9-10,13-15H2,(H2,25,29)(H,27,28). The van der Waals surface area contributed by atoms with E-state index in [1.54, 1.807) is 6.07 Å². The van der Waals surface area contributed by atoms with Crippen molar-refractivity contribution in [2.24, 2.45) is 5.73 Å². The van der Waals surface area contributed by atoms with Crippen molar-refractivity contribution >= 4 is 22.8 Å². The number of rotatable bonds is 7. The summed E-state index contributed by atoms with van der Waals surface area (Å²) >= 11 is 0. The number of nitrogens with zero attached hydrogens (tertiary/aromatic N) is 1. The van der Waals surface area contributed by atoms with Crippen LogP contribution in [0.5, 0.6) is 5.75 Å². The Morgan fingerprint density at radius 3 is 2.63 bits per heavy atom. The number of ether oxygens (including phenoxy) is 1. The number of carbonyl (C=O) groups is 2. The van der Waals surface area contributed by atoms with E-state index in [4.69, 9.17) is 15.6 Å². The molecule has 0 aliphatic heterocycles. The van der Waals surface area contributed by atoms with Gasteiger partial charge >= 0.3 is 5.97 Å². The van der Waals surface area contributed by atoms with Crippen molar-refractivity contribution in [2.45, 2.75) is 44.6 Å². The minimum Gasteiger partial charge on any atom is -0.481 e. The zero-order valence-corrected chi connectivity index (χ0v) is 16.8. The van der Waals surface area contributed by atoms with Crippen molar-refractivity contribution in [3.63, 3.8) is 0 Å². The summed E-state index contributed by atoms with van der Waals surface area (Å²) in [5.41, 5.74) is 10.1. The molecule has 4 rings (SSSR count). The van der Waals surface area contributed by atoms with Crippen LogP contribution < -0.4 is 10.5 Å². The van der Waals surface area contributed by atoms with Gasteiger partial charge in [-0.25, -0.2) is 4.79 Å². The first kappa shape index (κ1) is 20.0. The summed E-state index contributed by atoms with van der Waals surface area (Å²) in [6.45, 7) is 0.341. The molecule has 1 atom stereocenters. The Hall–Kier alpha value is -3.28. The number of aromatic nitrogens is 1. The smallest absolute Gasteiger partial charge is 0.341 e. The molecule has 0 spiro atoms. The maximum Gasteiger partial charge on any atom is 0.341 e. The second-order valence-electron chi connectivity index (χ2n) is 7.78. The van der Waals surface area contributed by atoms with Gasteiger partial charge in [0.2, 0.25) is 5.91 Å². The van der Waals surface area contributed by atoms with Gasteiger partial charge in [-0.3, -0.25) is 4.79 Å². The lowest BCUT2D eigenvalue weighted by Crippen LogP contribution is -2.21. The Kier molecular flexibility index (Phi) is 5.74. The van der Waals surface area contributed by atoms with E-state index in [1.165, 1.54) is 5.56 Å². The number of aryl methyl sites for hydroxylation is 2. The van der Waals surface area contributed by atoms with Crippen LogP contribution in [-0.2, 0) is 29.0 Å². The van der Waals surface area contributed by atoms with Gasteiger partial charge in [0, 0.05) is 17.6 Å². The third kappa shape index (κ3) is 3.90. The summed E-state index contributed by atoms with van der Waals surface area (Å²) in [5.74, 6) is -1.27. The quantitative estimate of drug-likeness (QED) is 0.586. The molecule has 1 aliphatic rings. The van der Waals surface area contributed by atoms with Gasteiger partial charge in [0.25, 0.3) is 0 Å². The molecular formula is C24H26N2O4. The molecular weight excluding hydrogens is 380 g/mol. The van der Waals surface area contributed by atoms with Crippen LogP contribution >= 0.6 is 0 Å². The Labute approximate surface area is 175 Å². The maximum atomic E-state index is 12.4. The van der Waals surface area contributed by atoms with E-state index in [9.17, 15) is 9.59 Å². The number of carboxylic acid groups (broad SMARTS) is 1. The Morgan fingerprint density at radius 1 is 1.10 bits per heavy atom. The van der Waals surface area contributed by atoms with Crippen LogP contribution in [0.2, 0.25) is 0 Å². The van der Waals surface area contributed by atoms with Gasteiger partial charge in [0.1, 0.15) is 5.75 Å². The fraction of sp³-hybridized carbons (Fsp3) is 0.333. The molecule has 0 fully saturated rings. The molecule has 2 aromatic carbocycles. The van der Waals surface area contributed by atoms with E-state index in [0.717, 1.165) is 54.4 Å². The third-order valence-electron chi connectivity index (χ3n) is 5.87. The molecule has 1 heterocycles. The molecule has 3 N–H and O–H groups in total. The van der Waals surface area contributed by atoms with E-state index >= 15 is 0 Å². The van der Waals surface area contributed by atoms with Crippen molar-refractivity contribution < 1.29 is 19.4 Å². The minimum atomic E-state index is -1.03. The first-order valence-corrected chi connectivity index (χ1v) is 10.4. The largest absolute Gasteiger partial charge is 0.481 e. The van der Waals surface area contributed by atoms with Crippen LogP contribution in [0.3, 0.4) is 0 Å². The lowest BCUT2D eigenvalue weighted by atomic mass is 9.92. The van der Waals surface area contributed by atoms with E-state index in [0.29, 0.717) is 12.2 Å². The highest BCUT2D eigenvalue weighted by atomic mass is 16.5. The second kappa shape index (κ2) is 8.61. The summed E-state index contributed by atoms with van der Waals surface area (Å²) in [5, 5.41) is 9.91. The number of benzene rings is 2. The fourth-order valence-corrected chi connectivity index (χ4v) is 4.57. The summed E-state index contributed by atoms with van der Waals surface area (Å²) in [4.78, 5) is 23.4. The molecule has 0 saturated heterocycles. The molecule has 30 heavy (non-hydrogen) atoms. The van der Waals surface area contributed by atoms with E-state index < -0.39 is 18.5 Å². The van der Waals surface area contributed by atoms with Crippen LogP contribution in [0, 0.1) is 0 Å². The molecule has 1 unspecified atom stereocenters. The zero-order valence-electron chi connectivity index (χ0n) is 16.8. The lowest BCUT2D eigenvalue weighted by Gasteiger charge is -2.14. The van der Waals surface area contributed by atoms with Gasteiger partial charge < -0.3 is 20.1 Å². The number of fused-ring (bicyclic) bond motifs is 3. The molecule has 156 valence electrons. The summed E-state index contributed by atoms with van der Waals surface area (Å²) in [7, 11) is 0. The molecule has 0 bridgehead atoms. The van der Waals surface area contributed by atoms with E-state index in [1.807, 2.05) is 30.3 Å². The summed E-state index contributed by atoms with van der Waals surface area (Å²) < 4.78 is 7.90. The number of carboxylic acids is 1. The molecule has 6 heteroatoms. The predicted molar refractivity (Wildman–Crippen MR) is 115 cm³/mol. The monoisotopic (exact) mass is 406 g/mol. The van der Waals surface area contributed by atoms with Gasteiger partial charge in [-0.05, 0) is 48.9 Å². The van der Waals surface area contributed by atoms with Crippen LogP contribution in [0.15, 0.2) is 48.5 Å². The first-order chi connectivity index (χ1) is 14.6. The second-order valence-corrected chi connectivity index (χ2v) is 7.78. The molecule has 6 nitrogen and oxygen atoms in total. The number of carbonyl (C=O) groups excluding carboxylic acids is 1. The molecule has 1 aliphatic carbocycles. The normalized spacial score (nSPS) is 16.1. The fourth-order valence-electron chi connectivity index (χ4n) is 4.57. The highest BCUT2D eigenvalue weighted by Crippen LogP contribution is 2.42. The Balaban J connectivity index is 1.86. The van der Waals surface area contributed by atoms with Gasteiger partial charge in [-0.2, -0.15) is 0 Å². The van der Waals surface area contributed by atoms with Crippen molar-refractivity contribution in [3.8, 4) is 5.75 Å². The van der Waals surface area contributed by atoms with Crippen LogP contribution in [0.25, 0.3) is 10.9 Å². The predicted octanol–water partition coefficient (Wildman–Crippen LogP) is 3.64. The van der Waals surface area contributed by atoms with Crippen LogP contribution in [-0.4, -0.2) is 28.2 Å². The van der Waals surface area contributed by atoms with Gasteiger partial charge in [-0.15, -0.1) is 0 Å². The molecule has 3 aromatic rings. The number of nitrogens with two attached hydrogens (primary N) is 1. The maximum absolute atomic E-state index is 12.4. The average Bonchev–Trinajstić information content (AvgIpc) is 2.89. The number of amides is 1. The van der Waals surface area contributed by atoms with Gasteiger partial charge in [-0.1, -0.05) is 42.8 Å². The molecule has 1 amide bonds. The van der Waals surface area contributed by atoms with Crippen molar-refractivity contribution in [1.29, 1.82) is 0 Å². The number of aliphatic carboxylic acids is 1. The summed E-state index contributed by atoms with van der Waals surface area (Å²) in [6, 6.07) is 15.9.